The molecule has 2 rings (SSSR count). The predicted molar refractivity (Wildman–Crippen MR) is 64.7 cm³/mol. The highest BCUT2D eigenvalue weighted by molar-refractivity contribution is 5.16. The number of piperidine rings is 1. The third kappa shape index (κ3) is 3.49. The standard InChI is InChI=1S/C13H20N2O/c1-11-2-3-13(15-10-11)16-9-6-12-4-7-14-8-5-12/h2-3,10,12,14H,4-9H2,1H3. The van der Waals surface area contributed by atoms with Gasteiger partial charge in [0.15, 0.2) is 0 Å². The second-order valence-corrected chi connectivity index (χ2v) is 4.50. The van der Waals surface area contributed by atoms with Gasteiger partial charge in [-0.15, -0.1) is 0 Å². The van der Waals surface area contributed by atoms with Crippen LogP contribution in [0.2, 0.25) is 0 Å². The Kier molecular flexibility index (Phi) is 4.17. The molecule has 0 radical (unpaired) electrons. The number of hydrogen-bond donors (Lipinski definition) is 1. The fraction of sp³-hybridized carbons (Fsp3) is 0.615. The molecule has 1 saturated heterocycles. The molecule has 1 aromatic rings. The Hall–Kier alpha value is -1.09. The van der Waals surface area contributed by atoms with E-state index in [0.717, 1.165) is 37.9 Å². The molecule has 1 aliphatic heterocycles. The molecular weight excluding hydrogens is 200 g/mol. The third-order valence-corrected chi connectivity index (χ3v) is 3.12. The van der Waals surface area contributed by atoms with E-state index < -0.39 is 0 Å². The van der Waals surface area contributed by atoms with Crippen molar-refractivity contribution in [3.63, 3.8) is 0 Å². The maximum absolute atomic E-state index is 5.63. The summed E-state index contributed by atoms with van der Waals surface area (Å²) in [5, 5.41) is 3.38. The van der Waals surface area contributed by atoms with Gasteiger partial charge in [0.25, 0.3) is 0 Å². The van der Waals surface area contributed by atoms with E-state index in [1.807, 2.05) is 25.3 Å². The second kappa shape index (κ2) is 5.85. The molecule has 0 bridgehead atoms. The van der Waals surface area contributed by atoms with Crippen LogP contribution in [-0.2, 0) is 0 Å². The number of pyridine rings is 1. The van der Waals surface area contributed by atoms with Gasteiger partial charge in [0, 0.05) is 12.3 Å². The van der Waals surface area contributed by atoms with Crippen LogP contribution < -0.4 is 10.1 Å². The topological polar surface area (TPSA) is 34.1 Å². The SMILES string of the molecule is Cc1ccc(OCCC2CCNCC2)nc1. The lowest BCUT2D eigenvalue weighted by atomic mass is 9.95. The van der Waals surface area contributed by atoms with Crippen molar-refractivity contribution in [3.05, 3.63) is 23.9 Å². The molecule has 0 unspecified atom stereocenters. The number of aromatic nitrogens is 1. The van der Waals surface area contributed by atoms with Gasteiger partial charge in [0.2, 0.25) is 5.88 Å². The first-order chi connectivity index (χ1) is 7.84. The lowest BCUT2D eigenvalue weighted by molar-refractivity contribution is 0.245. The van der Waals surface area contributed by atoms with Crippen LogP contribution in [0.3, 0.4) is 0 Å². The smallest absolute Gasteiger partial charge is 0.213 e. The normalized spacial score (nSPS) is 17.3. The molecule has 2 heterocycles. The van der Waals surface area contributed by atoms with E-state index in [2.05, 4.69) is 10.3 Å². The van der Waals surface area contributed by atoms with Crippen molar-refractivity contribution in [1.82, 2.24) is 10.3 Å². The highest BCUT2D eigenvalue weighted by atomic mass is 16.5. The van der Waals surface area contributed by atoms with Crippen LogP contribution in [0.15, 0.2) is 18.3 Å². The van der Waals surface area contributed by atoms with Crippen molar-refractivity contribution >= 4 is 0 Å². The molecule has 1 aliphatic rings. The molecule has 0 atom stereocenters. The predicted octanol–water partition coefficient (Wildman–Crippen LogP) is 2.16. The fourth-order valence-corrected chi connectivity index (χ4v) is 2.04. The van der Waals surface area contributed by atoms with Gasteiger partial charge in [-0.1, -0.05) is 6.07 Å². The van der Waals surface area contributed by atoms with Gasteiger partial charge >= 0.3 is 0 Å². The first-order valence-electron chi connectivity index (χ1n) is 6.11. The summed E-state index contributed by atoms with van der Waals surface area (Å²) >= 11 is 0. The van der Waals surface area contributed by atoms with Crippen molar-refractivity contribution in [2.45, 2.75) is 26.2 Å². The van der Waals surface area contributed by atoms with Gasteiger partial charge in [-0.05, 0) is 50.8 Å². The highest BCUT2D eigenvalue weighted by Gasteiger charge is 2.12. The van der Waals surface area contributed by atoms with Crippen molar-refractivity contribution in [2.24, 2.45) is 5.92 Å². The molecule has 1 aromatic heterocycles. The summed E-state index contributed by atoms with van der Waals surface area (Å²) < 4.78 is 5.63. The number of nitrogens with zero attached hydrogens (tertiary/aromatic N) is 1. The van der Waals surface area contributed by atoms with Crippen LogP contribution >= 0.6 is 0 Å². The van der Waals surface area contributed by atoms with Gasteiger partial charge in [-0.2, -0.15) is 0 Å². The maximum Gasteiger partial charge on any atom is 0.213 e. The minimum atomic E-state index is 0.750. The Bertz CT molecular complexity index is 304. The summed E-state index contributed by atoms with van der Waals surface area (Å²) in [7, 11) is 0. The van der Waals surface area contributed by atoms with Gasteiger partial charge in [-0.25, -0.2) is 4.98 Å². The van der Waals surface area contributed by atoms with Crippen molar-refractivity contribution < 1.29 is 4.74 Å². The van der Waals surface area contributed by atoms with Crippen molar-refractivity contribution in [3.8, 4) is 5.88 Å². The first kappa shape index (κ1) is 11.4. The van der Waals surface area contributed by atoms with Crippen LogP contribution in [0, 0.1) is 12.8 Å². The second-order valence-electron chi connectivity index (χ2n) is 4.50. The zero-order valence-electron chi connectivity index (χ0n) is 9.91. The summed E-state index contributed by atoms with van der Waals surface area (Å²) in [6.45, 7) is 5.15. The largest absolute Gasteiger partial charge is 0.478 e. The van der Waals surface area contributed by atoms with Crippen LogP contribution in [0.1, 0.15) is 24.8 Å². The lowest BCUT2D eigenvalue weighted by Crippen LogP contribution is -2.28. The summed E-state index contributed by atoms with van der Waals surface area (Å²) in [6, 6.07) is 3.98. The Morgan fingerprint density at radius 1 is 1.38 bits per heavy atom. The molecular formula is C13H20N2O. The molecule has 0 aromatic carbocycles. The van der Waals surface area contributed by atoms with Crippen LogP contribution in [-0.4, -0.2) is 24.7 Å². The van der Waals surface area contributed by atoms with E-state index in [1.54, 1.807) is 0 Å². The minimum Gasteiger partial charge on any atom is -0.478 e. The molecule has 88 valence electrons. The van der Waals surface area contributed by atoms with E-state index in [9.17, 15) is 0 Å². The Morgan fingerprint density at radius 2 is 2.19 bits per heavy atom. The van der Waals surface area contributed by atoms with Gasteiger partial charge in [-0.3, -0.25) is 0 Å². The summed E-state index contributed by atoms with van der Waals surface area (Å²) in [5.74, 6) is 1.58. The molecule has 1 N–H and O–H groups in total. The van der Waals surface area contributed by atoms with E-state index in [4.69, 9.17) is 4.74 Å². The van der Waals surface area contributed by atoms with Gasteiger partial charge in [0.05, 0.1) is 6.61 Å². The lowest BCUT2D eigenvalue weighted by Gasteiger charge is -2.22. The monoisotopic (exact) mass is 220 g/mol. The molecule has 1 fully saturated rings. The van der Waals surface area contributed by atoms with E-state index >= 15 is 0 Å². The Balaban J connectivity index is 1.69. The third-order valence-electron chi connectivity index (χ3n) is 3.12. The molecule has 0 saturated carbocycles. The molecule has 16 heavy (non-hydrogen) atoms. The van der Waals surface area contributed by atoms with Gasteiger partial charge < -0.3 is 10.1 Å². The zero-order valence-corrected chi connectivity index (χ0v) is 9.91. The highest BCUT2D eigenvalue weighted by Crippen LogP contribution is 2.16. The number of ether oxygens (including phenoxy) is 1. The van der Waals surface area contributed by atoms with E-state index in [1.165, 1.54) is 18.4 Å². The van der Waals surface area contributed by atoms with Crippen LogP contribution in [0.5, 0.6) is 5.88 Å². The van der Waals surface area contributed by atoms with E-state index in [-0.39, 0.29) is 0 Å². The minimum absolute atomic E-state index is 0.750. The Morgan fingerprint density at radius 3 is 2.88 bits per heavy atom. The molecule has 3 heteroatoms. The van der Waals surface area contributed by atoms with Crippen LogP contribution in [0.25, 0.3) is 0 Å². The van der Waals surface area contributed by atoms with Gasteiger partial charge in [0.1, 0.15) is 0 Å². The first-order valence-corrected chi connectivity index (χ1v) is 6.11. The van der Waals surface area contributed by atoms with Crippen molar-refractivity contribution in [1.29, 1.82) is 0 Å². The summed E-state index contributed by atoms with van der Waals surface area (Å²) in [6.07, 6.45) is 5.56. The van der Waals surface area contributed by atoms with Crippen LogP contribution in [0.4, 0.5) is 0 Å². The van der Waals surface area contributed by atoms with E-state index in [0.29, 0.717) is 0 Å². The molecule has 0 spiro atoms. The Labute approximate surface area is 97.2 Å². The zero-order chi connectivity index (χ0) is 11.2. The number of hydrogen-bond acceptors (Lipinski definition) is 3. The average molecular weight is 220 g/mol. The number of nitrogens with one attached hydrogen (secondary N) is 1. The quantitative estimate of drug-likeness (QED) is 0.844. The summed E-state index contributed by atoms with van der Waals surface area (Å²) in [4.78, 5) is 4.23. The van der Waals surface area contributed by atoms with Crippen molar-refractivity contribution in [2.75, 3.05) is 19.7 Å². The molecule has 0 aliphatic carbocycles. The fourth-order valence-electron chi connectivity index (χ4n) is 2.04. The maximum atomic E-state index is 5.63. The molecule has 3 nitrogen and oxygen atoms in total. The molecule has 0 amide bonds. The average Bonchev–Trinajstić information content (AvgIpc) is 2.33. The number of aryl methyl sites for hydroxylation is 1. The summed E-state index contributed by atoms with van der Waals surface area (Å²) in [5.41, 5.74) is 1.17. The number of rotatable bonds is 4.